The number of pyridine rings is 1. The molecule has 1 saturated heterocycles. The predicted molar refractivity (Wildman–Crippen MR) is 141 cm³/mol. The first kappa shape index (κ1) is 24.6. The molecule has 1 aliphatic heterocycles. The lowest BCUT2D eigenvalue weighted by Gasteiger charge is -2.36. The van der Waals surface area contributed by atoms with Gasteiger partial charge in [0.25, 0.3) is 5.91 Å². The van der Waals surface area contributed by atoms with Gasteiger partial charge in [0, 0.05) is 29.7 Å². The van der Waals surface area contributed by atoms with Crippen LogP contribution in [0.1, 0.15) is 76.5 Å². The van der Waals surface area contributed by atoms with Gasteiger partial charge in [-0.25, -0.2) is 9.67 Å². The number of hydrogen-bond donors (Lipinski definition) is 1. The van der Waals surface area contributed by atoms with E-state index in [0.29, 0.717) is 16.5 Å². The van der Waals surface area contributed by atoms with Crippen LogP contribution in [0.5, 0.6) is 0 Å². The van der Waals surface area contributed by atoms with Crippen LogP contribution in [0.4, 0.5) is 5.82 Å². The second kappa shape index (κ2) is 9.21. The van der Waals surface area contributed by atoms with Gasteiger partial charge in [0.1, 0.15) is 5.82 Å². The molecule has 10 heteroatoms. The maximum absolute atomic E-state index is 12.9. The number of benzene rings is 1. The maximum Gasteiger partial charge on any atom is 0.273 e. The summed E-state index contributed by atoms with van der Waals surface area (Å²) >= 11 is 6.12. The monoisotopic (exact) mass is 529 g/mol. The van der Waals surface area contributed by atoms with Gasteiger partial charge in [-0.1, -0.05) is 16.8 Å². The molecule has 3 heterocycles. The molecule has 9 nitrogen and oxygen atoms in total. The third kappa shape index (κ3) is 4.13. The lowest BCUT2D eigenvalue weighted by molar-refractivity contribution is -0.118. The highest BCUT2D eigenvalue weighted by Crippen LogP contribution is 2.47. The molecule has 3 aliphatic rings. The maximum atomic E-state index is 12.9. The van der Waals surface area contributed by atoms with Gasteiger partial charge >= 0.3 is 0 Å². The van der Waals surface area contributed by atoms with Gasteiger partial charge in [-0.05, 0) is 92.3 Å². The van der Waals surface area contributed by atoms with Gasteiger partial charge in [0.05, 0.1) is 23.9 Å². The van der Waals surface area contributed by atoms with Crippen molar-refractivity contribution in [2.24, 2.45) is 11.8 Å². The largest absolute Gasteiger partial charge is 0.348 e. The van der Waals surface area contributed by atoms with Crippen LogP contribution in [0.3, 0.4) is 0 Å². The number of hydrogen-bond acceptors (Lipinski definition) is 6. The SMILES string of the molecule is Cc1c([C@@H](C)n2cc(C(=O)NC3CC(c4cc(Cl)ccc4C#N)C3)nn2)cnc(N2C[C@H]3C[C@H]3C2=O)c1C. The standard InChI is InChI=1S/C28H28ClN7O2/c1-14-15(2)26(35-12-19-8-23(19)28(35)38)31-11-24(14)16(3)36-13-25(33-34-36)27(37)32-21-6-18(7-21)22-9-20(29)5-4-17(22)10-30/h4-5,9,11,13,16,18-19,21,23H,6-8,12H2,1-3H3,(H,32,37)/t16-,18?,19-,21?,23-/m1/s1. The van der Waals surface area contributed by atoms with E-state index < -0.39 is 0 Å². The summed E-state index contributed by atoms with van der Waals surface area (Å²) in [6.07, 6.45) is 5.95. The van der Waals surface area contributed by atoms with Crippen LogP contribution in [0.25, 0.3) is 0 Å². The van der Waals surface area contributed by atoms with Gasteiger partial charge in [-0.15, -0.1) is 5.10 Å². The Labute approximate surface area is 225 Å². The summed E-state index contributed by atoms with van der Waals surface area (Å²) < 4.78 is 1.67. The molecule has 194 valence electrons. The number of rotatable bonds is 6. The number of anilines is 1. The van der Waals surface area contributed by atoms with Crippen molar-refractivity contribution in [1.82, 2.24) is 25.3 Å². The molecule has 6 rings (SSSR count). The summed E-state index contributed by atoms with van der Waals surface area (Å²) in [5, 5.41) is 21.3. The topological polar surface area (TPSA) is 117 Å². The molecule has 0 spiro atoms. The molecule has 1 N–H and O–H groups in total. The highest BCUT2D eigenvalue weighted by Gasteiger charge is 2.53. The molecule has 2 aromatic heterocycles. The number of halogens is 1. The van der Waals surface area contributed by atoms with E-state index in [1.807, 2.05) is 31.7 Å². The summed E-state index contributed by atoms with van der Waals surface area (Å²) in [5.74, 6) is 1.52. The zero-order valence-corrected chi connectivity index (χ0v) is 22.2. The van der Waals surface area contributed by atoms with E-state index in [0.717, 1.165) is 53.9 Å². The molecular formula is C28H28ClN7O2. The Hall–Kier alpha value is -3.77. The van der Waals surface area contributed by atoms with Crippen molar-refractivity contribution in [1.29, 1.82) is 5.26 Å². The second-order valence-corrected chi connectivity index (χ2v) is 11.2. The molecule has 2 saturated carbocycles. The Kier molecular flexibility index (Phi) is 5.95. The van der Waals surface area contributed by atoms with Crippen molar-refractivity contribution in [3.8, 4) is 6.07 Å². The number of carbonyl (C=O) groups is 2. The van der Waals surface area contributed by atoms with Crippen LogP contribution >= 0.6 is 11.6 Å². The van der Waals surface area contributed by atoms with Gasteiger partial charge in [0.15, 0.2) is 5.69 Å². The summed E-state index contributed by atoms with van der Waals surface area (Å²) in [4.78, 5) is 31.9. The molecule has 3 aromatic rings. The van der Waals surface area contributed by atoms with E-state index in [9.17, 15) is 14.9 Å². The molecule has 1 aromatic carbocycles. The first-order chi connectivity index (χ1) is 18.2. The third-order valence-corrected chi connectivity index (χ3v) is 8.71. The molecule has 3 fully saturated rings. The van der Waals surface area contributed by atoms with E-state index in [4.69, 9.17) is 11.6 Å². The van der Waals surface area contributed by atoms with Crippen LogP contribution in [0, 0.1) is 37.0 Å². The minimum absolute atomic E-state index is 0.00145. The Bertz CT molecular complexity index is 1500. The number of aromatic nitrogens is 4. The normalized spacial score (nSPS) is 24.4. The second-order valence-electron chi connectivity index (χ2n) is 10.8. The lowest BCUT2D eigenvalue weighted by Crippen LogP contribution is -2.43. The molecular weight excluding hydrogens is 502 g/mol. The smallest absolute Gasteiger partial charge is 0.273 e. The summed E-state index contributed by atoms with van der Waals surface area (Å²) in [5.41, 5.74) is 4.81. The fourth-order valence-electron chi connectivity index (χ4n) is 5.80. The van der Waals surface area contributed by atoms with Crippen LogP contribution in [0.2, 0.25) is 5.02 Å². The summed E-state index contributed by atoms with van der Waals surface area (Å²) in [7, 11) is 0. The molecule has 38 heavy (non-hydrogen) atoms. The number of carbonyl (C=O) groups excluding carboxylic acids is 2. The van der Waals surface area contributed by atoms with Crippen molar-refractivity contribution >= 4 is 29.2 Å². The number of fused-ring (bicyclic) bond motifs is 1. The quantitative estimate of drug-likeness (QED) is 0.514. The highest BCUT2D eigenvalue weighted by atomic mass is 35.5. The van der Waals surface area contributed by atoms with E-state index in [-0.39, 0.29) is 41.4 Å². The minimum Gasteiger partial charge on any atom is -0.348 e. The van der Waals surface area contributed by atoms with Crippen LogP contribution < -0.4 is 10.2 Å². The fourth-order valence-corrected chi connectivity index (χ4v) is 5.98. The van der Waals surface area contributed by atoms with E-state index in [1.165, 1.54) is 0 Å². The Morgan fingerprint density at radius 3 is 2.74 bits per heavy atom. The number of nitriles is 1. The first-order valence-electron chi connectivity index (χ1n) is 12.9. The Balaban J connectivity index is 1.11. The third-order valence-electron chi connectivity index (χ3n) is 8.47. The van der Waals surface area contributed by atoms with Crippen molar-refractivity contribution in [2.45, 2.75) is 58.0 Å². The van der Waals surface area contributed by atoms with E-state index in [2.05, 4.69) is 26.7 Å². The van der Waals surface area contributed by atoms with E-state index >= 15 is 0 Å². The van der Waals surface area contributed by atoms with Gasteiger partial charge in [-0.2, -0.15) is 5.26 Å². The average Bonchev–Trinajstić information content (AvgIpc) is 3.33. The number of amides is 2. The van der Waals surface area contributed by atoms with Crippen molar-refractivity contribution in [2.75, 3.05) is 11.4 Å². The fraction of sp³-hybridized carbons (Fsp3) is 0.429. The van der Waals surface area contributed by atoms with Crippen molar-refractivity contribution in [3.63, 3.8) is 0 Å². The van der Waals surface area contributed by atoms with Crippen LogP contribution in [0.15, 0.2) is 30.6 Å². The lowest BCUT2D eigenvalue weighted by atomic mass is 9.74. The average molecular weight is 530 g/mol. The minimum atomic E-state index is -0.272. The summed E-state index contributed by atoms with van der Waals surface area (Å²) in [6, 6.07) is 7.33. The van der Waals surface area contributed by atoms with Crippen molar-refractivity contribution in [3.05, 3.63) is 69.1 Å². The molecule has 0 unspecified atom stereocenters. The highest BCUT2D eigenvalue weighted by molar-refractivity contribution is 6.30. The van der Waals surface area contributed by atoms with Crippen LogP contribution in [-0.4, -0.2) is 44.4 Å². The van der Waals surface area contributed by atoms with Gasteiger partial charge < -0.3 is 5.32 Å². The molecule has 0 bridgehead atoms. The molecule has 2 aliphatic carbocycles. The number of nitrogens with one attached hydrogen (secondary N) is 1. The number of piperidine rings is 1. The van der Waals surface area contributed by atoms with E-state index in [1.54, 1.807) is 29.2 Å². The van der Waals surface area contributed by atoms with Gasteiger partial charge in [0.2, 0.25) is 5.91 Å². The summed E-state index contributed by atoms with van der Waals surface area (Å²) in [6.45, 7) is 6.78. The van der Waals surface area contributed by atoms with Crippen molar-refractivity contribution < 1.29 is 9.59 Å². The Morgan fingerprint density at radius 2 is 2.03 bits per heavy atom. The zero-order valence-electron chi connectivity index (χ0n) is 21.5. The van der Waals surface area contributed by atoms with Gasteiger partial charge in [-0.3, -0.25) is 14.5 Å². The molecule has 2 amide bonds. The first-order valence-corrected chi connectivity index (χ1v) is 13.3. The number of nitrogens with zero attached hydrogens (tertiary/aromatic N) is 6. The molecule has 0 radical (unpaired) electrons. The van der Waals surface area contributed by atoms with Crippen LogP contribution in [-0.2, 0) is 4.79 Å². The molecule has 3 atom stereocenters. The zero-order chi connectivity index (χ0) is 26.7. The Morgan fingerprint density at radius 1 is 1.24 bits per heavy atom. The predicted octanol–water partition coefficient (Wildman–Crippen LogP) is 4.08.